The highest BCUT2D eigenvalue weighted by Crippen LogP contribution is 2.19. The van der Waals surface area contributed by atoms with E-state index in [0.717, 1.165) is 37.8 Å². The Hall–Kier alpha value is -1.25. The van der Waals surface area contributed by atoms with E-state index >= 15 is 0 Å². The largest absolute Gasteiger partial charge is 0.339 e. The lowest BCUT2D eigenvalue weighted by Crippen LogP contribution is -2.44. The Morgan fingerprint density at radius 2 is 1.52 bits per heavy atom. The molecule has 0 spiro atoms. The summed E-state index contributed by atoms with van der Waals surface area (Å²) >= 11 is 0. The van der Waals surface area contributed by atoms with Gasteiger partial charge in [-0.15, -0.1) is 0 Å². The third-order valence-electron chi connectivity index (χ3n) is 4.56. The van der Waals surface area contributed by atoms with Crippen molar-refractivity contribution in [2.45, 2.75) is 32.6 Å². The van der Waals surface area contributed by atoms with Crippen LogP contribution in [-0.2, 0) is 16.6 Å². The quantitative estimate of drug-likeness (QED) is 0.815. The van der Waals surface area contributed by atoms with Crippen molar-refractivity contribution >= 4 is 16.2 Å². The average Bonchev–Trinajstić information content (AvgIpc) is 3.00. The molecule has 3 rings (SSSR count). The van der Waals surface area contributed by atoms with Crippen LogP contribution in [0.2, 0.25) is 0 Å². The maximum Gasteiger partial charge on any atom is 0.282 e. The molecule has 2 fully saturated rings. The predicted molar refractivity (Wildman–Crippen MR) is 89.5 cm³/mol. The number of nitrogens with zero attached hydrogens (tertiary/aromatic N) is 5. The number of hydrogen-bond donors (Lipinski definition) is 0. The summed E-state index contributed by atoms with van der Waals surface area (Å²) in [5.41, 5.74) is 1.11. The van der Waals surface area contributed by atoms with Gasteiger partial charge in [0.2, 0.25) is 5.95 Å². The average molecular weight is 339 g/mol. The molecule has 0 unspecified atom stereocenters. The van der Waals surface area contributed by atoms with E-state index in [1.54, 1.807) is 8.61 Å². The van der Waals surface area contributed by atoms with Crippen LogP contribution in [0.4, 0.5) is 5.95 Å². The van der Waals surface area contributed by atoms with Crippen LogP contribution in [0.5, 0.6) is 0 Å². The topological polar surface area (TPSA) is 69.6 Å². The standard InChI is InChI=1S/C15H25N5O2S/c1-2-14-12-16-15(17-13-14)18-6-5-9-20(11-10-18)23(21,22)19-7-3-4-8-19/h12-13H,2-11H2,1H3. The Morgan fingerprint density at radius 3 is 2.17 bits per heavy atom. The predicted octanol–water partition coefficient (Wildman–Crippen LogP) is 0.892. The van der Waals surface area contributed by atoms with Crippen LogP contribution in [0.3, 0.4) is 0 Å². The van der Waals surface area contributed by atoms with Gasteiger partial charge in [-0.05, 0) is 31.2 Å². The van der Waals surface area contributed by atoms with Crippen molar-refractivity contribution in [2.75, 3.05) is 44.2 Å². The van der Waals surface area contributed by atoms with Crippen LogP contribution in [-0.4, -0.2) is 66.3 Å². The van der Waals surface area contributed by atoms with Crippen molar-refractivity contribution in [1.82, 2.24) is 18.6 Å². The first-order chi connectivity index (χ1) is 11.1. The maximum atomic E-state index is 12.7. The summed E-state index contributed by atoms with van der Waals surface area (Å²) in [6, 6.07) is 0. The minimum absolute atomic E-state index is 0.498. The summed E-state index contributed by atoms with van der Waals surface area (Å²) in [6.45, 7) is 5.88. The van der Waals surface area contributed by atoms with Gasteiger partial charge in [-0.2, -0.15) is 17.0 Å². The number of aromatic nitrogens is 2. The number of anilines is 1. The Morgan fingerprint density at radius 1 is 0.913 bits per heavy atom. The van der Waals surface area contributed by atoms with Crippen molar-refractivity contribution in [2.24, 2.45) is 0 Å². The van der Waals surface area contributed by atoms with E-state index in [-0.39, 0.29) is 0 Å². The summed E-state index contributed by atoms with van der Waals surface area (Å²) in [4.78, 5) is 10.9. The first-order valence-corrected chi connectivity index (χ1v) is 9.82. The smallest absolute Gasteiger partial charge is 0.282 e. The third-order valence-corrected chi connectivity index (χ3v) is 6.59. The molecule has 0 aliphatic carbocycles. The Labute approximate surface area is 138 Å². The number of aryl methyl sites for hydroxylation is 1. The van der Waals surface area contributed by atoms with E-state index in [9.17, 15) is 8.42 Å². The summed E-state index contributed by atoms with van der Waals surface area (Å²) in [6.07, 6.45) is 7.36. The van der Waals surface area contributed by atoms with Gasteiger partial charge in [0.05, 0.1) is 0 Å². The van der Waals surface area contributed by atoms with Gasteiger partial charge in [-0.1, -0.05) is 6.92 Å². The van der Waals surface area contributed by atoms with Gasteiger partial charge in [0.1, 0.15) is 0 Å². The highest BCUT2D eigenvalue weighted by Gasteiger charge is 2.32. The second-order valence-electron chi connectivity index (χ2n) is 6.10. The minimum atomic E-state index is -3.30. The monoisotopic (exact) mass is 339 g/mol. The van der Waals surface area contributed by atoms with Crippen LogP contribution in [0.1, 0.15) is 31.7 Å². The Bertz CT molecular complexity index is 613. The SMILES string of the molecule is CCc1cnc(N2CCCN(S(=O)(=O)N3CCCC3)CC2)nc1. The fraction of sp³-hybridized carbons (Fsp3) is 0.733. The van der Waals surface area contributed by atoms with Crippen molar-refractivity contribution in [3.05, 3.63) is 18.0 Å². The summed E-state index contributed by atoms with van der Waals surface area (Å²) in [5, 5.41) is 0. The molecule has 7 nitrogen and oxygen atoms in total. The van der Waals surface area contributed by atoms with Gasteiger partial charge < -0.3 is 4.90 Å². The first-order valence-electron chi connectivity index (χ1n) is 8.42. The zero-order valence-electron chi connectivity index (χ0n) is 13.7. The van der Waals surface area contributed by atoms with E-state index in [0.29, 0.717) is 38.7 Å². The van der Waals surface area contributed by atoms with Gasteiger partial charge in [0.15, 0.2) is 0 Å². The second-order valence-corrected chi connectivity index (χ2v) is 8.03. The third kappa shape index (κ3) is 3.64. The summed E-state index contributed by atoms with van der Waals surface area (Å²) < 4.78 is 28.6. The molecule has 1 aromatic rings. The molecule has 0 saturated carbocycles. The van der Waals surface area contributed by atoms with Gasteiger partial charge in [-0.25, -0.2) is 9.97 Å². The molecule has 0 amide bonds. The molecule has 1 aromatic heterocycles. The molecule has 3 heterocycles. The second kappa shape index (κ2) is 7.11. The zero-order valence-corrected chi connectivity index (χ0v) is 14.5. The molecule has 0 radical (unpaired) electrons. The van der Waals surface area contributed by atoms with E-state index in [2.05, 4.69) is 21.8 Å². The van der Waals surface area contributed by atoms with Gasteiger partial charge in [0, 0.05) is 51.7 Å². The molecule has 2 aliphatic heterocycles. The molecule has 8 heteroatoms. The molecule has 2 aliphatic rings. The lowest BCUT2D eigenvalue weighted by atomic mass is 10.3. The molecule has 128 valence electrons. The normalized spacial score (nSPS) is 21.5. The lowest BCUT2D eigenvalue weighted by molar-refractivity contribution is 0.373. The van der Waals surface area contributed by atoms with Crippen LogP contribution in [0, 0.1) is 0 Å². The molecule has 0 bridgehead atoms. The molecule has 23 heavy (non-hydrogen) atoms. The van der Waals surface area contributed by atoms with E-state index < -0.39 is 10.2 Å². The van der Waals surface area contributed by atoms with E-state index in [4.69, 9.17) is 0 Å². The van der Waals surface area contributed by atoms with Gasteiger partial charge >= 0.3 is 0 Å². The molecule has 0 N–H and O–H groups in total. The first kappa shape index (κ1) is 16.6. The van der Waals surface area contributed by atoms with Crippen molar-refractivity contribution < 1.29 is 8.42 Å². The van der Waals surface area contributed by atoms with Gasteiger partial charge in [0.25, 0.3) is 10.2 Å². The number of rotatable bonds is 4. The highest BCUT2D eigenvalue weighted by atomic mass is 32.2. The molecule has 0 atom stereocenters. The van der Waals surface area contributed by atoms with E-state index in [1.165, 1.54) is 0 Å². The lowest BCUT2D eigenvalue weighted by Gasteiger charge is -2.26. The van der Waals surface area contributed by atoms with Crippen LogP contribution < -0.4 is 4.90 Å². The van der Waals surface area contributed by atoms with Crippen molar-refractivity contribution in [3.63, 3.8) is 0 Å². The zero-order chi connectivity index (χ0) is 16.3. The van der Waals surface area contributed by atoms with Crippen molar-refractivity contribution in [1.29, 1.82) is 0 Å². The Balaban J connectivity index is 1.66. The summed E-state index contributed by atoms with van der Waals surface area (Å²) in [7, 11) is -3.30. The maximum absolute atomic E-state index is 12.7. The Kier molecular flexibility index (Phi) is 5.13. The van der Waals surface area contributed by atoms with Crippen LogP contribution in [0.15, 0.2) is 12.4 Å². The van der Waals surface area contributed by atoms with Gasteiger partial charge in [-0.3, -0.25) is 0 Å². The highest BCUT2D eigenvalue weighted by molar-refractivity contribution is 7.86. The minimum Gasteiger partial charge on any atom is -0.339 e. The molecule has 2 saturated heterocycles. The fourth-order valence-corrected chi connectivity index (χ4v) is 4.82. The summed E-state index contributed by atoms with van der Waals surface area (Å²) in [5.74, 6) is 0.697. The molecular weight excluding hydrogens is 314 g/mol. The van der Waals surface area contributed by atoms with Crippen LogP contribution in [0.25, 0.3) is 0 Å². The fourth-order valence-electron chi connectivity index (χ4n) is 3.10. The molecule has 0 aromatic carbocycles. The van der Waals surface area contributed by atoms with Crippen molar-refractivity contribution in [3.8, 4) is 0 Å². The molecular formula is C15H25N5O2S. The van der Waals surface area contributed by atoms with E-state index in [1.807, 2.05) is 12.4 Å². The number of hydrogen-bond acceptors (Lipinski definition) is 5. The van der Waals surface area contributed by atoms with Crippen LogP contribution >= 0.6 is 0 Å².